The summed E-state index contributed by atoms with van der Waals surface area (Å²) in [6.07, 6.45) is 0.758. The van der Waals surface area contributed by atoms with Crippen LogP contribution in [-0.2, 0) is 22.6 Å². The Morgan fingerprint density at radius 2 is 1.74 bits per heavy atom. The van der Waals surface area contributed by atoms with Crippen LogP contribution in [-0.4, -0.2) is 21.2 Å². The molecule has 6 nitrogen and oxygen atoms in total. The summed E-state index contributed by atoms with van der Waals surface area (Å²) < 4.78 is 10.7. The van der Waals surface area contributed by atoms with Gasteiger partial charge in [0.25, 0.3) is 5.89 Å². The molecule has 2 aromatic heterocycles. The lowest BCUT2D eigenvalue weighted by Gasteiger charge is -2.04. The van der Waals surface area contributed by atoms with Gasteiger partial charge in [-0.25, -0.2) is 0 Å². The summed E-state index contributed by atoms with van der Waals surface area (Å²) in [5.74, 6) is 0.345. The third-order valence-electron chi connectivity index (χ3n) is 4.09. The van der Waals surface area contributed by atoms with E-state index in [0.717, 1.165) is 22.2 Å². The molecular formula is C21H17N3O3. The number of benzene rings is 2. The van der Waals surface area contributed by atoms with Crippen LogP contribution < -0.4 is 0 Å². The quantitative estimate of drug-likeness (QED) is 0.485. The highest BCUT2D eigenvalue weighted by atomic mass is 16.5. The van der Waals surface area contributed by atoms with Crippen LogP contribution >= 0.6 is 0 Å². The number of fused-ring (bicyclic) bond motifs is 1. The van der Waals surface area contributed by atoms with Crippen molar-refractivity contribution in [3.05, 3.63) is 78.3 Å². The summed E-state index contributed by atoms with van der Waals surface area (Å²) in [5, 5.41) is 8.96. The number of aromatic nitrogens is 3. The minimum atomic E-state index is -0.329. The Bertz CT molecular complexity index is 1060. The third-order valence-corrected chi connectivity index (χ3v) is 4.09. The molecule has 0 aliphatic carbocycles. The van der Waals surface area contributed by atoms with Crippen LogP contribution in [0.1, 0.15) is 18.0 Å². The standard InChI is InChI=1S/C21H17N3O3/c25-20(13-12-17-11-10-15-6-4-5-9-18(15)22-17)26-14-19-23-24-21(27-19)16-7-2-1-3-8-16/h1-11H,12-14H2. The van der Waals surface area contributed by atoms with Crippen molar-refractivity contribution in [1.29, 1.82) is 0 Å². The third kappa shape index (κ3) is 4.17. The Hall–Kier alpha value is -3.54. The summed E-state index contributed by atoms with van der Waals surface area (Å²) >= 11 is 0. The second kappa shape index (κ2) is 7.78. The normalized spacial score (nSPS) is 10.8. The van der Waals surface area contributed by atoms with E-state index in [1.54, 1.807) is 0 Å². The molecule has 0 spiro atoms. The second-order valence-electron chi connectivity index (χ2n) is 6.02. The fourth-order valence-corrected chi connectivity index (χ4v) is 2.70. The van der Waals surface area contributed by atoms with Gasteiger partial charge < -0.3 is 9.15 Å². The number of carbonyl (C=O) groups is 1. The molecule has 0 saturated carbocycles. The van der Waals surface area contributed by atoms with Crippen LogP contribution in [0.2, 0.25) is 0 Å². The van der Waals surface area contributed by atoms with E-state index in [-0.39, 0.29) is 24.9 Å². The smallest absolute Gasteiger partial charge is 0.306 e. The molecule has 134 valence electrons. The number of rotatable bonds is 6. The summed E-state index contributed by atoms with van der Waals surface area (Å²) in [7, 11) is 0. The maximum Gasteiger partial charge on any atom is 0.306 e. The molecule has 0 N–H and O–H groups in total. The summed E-state index contributed by atoms with van der Waals surface area (Å²) in [4.78, 5) is 16.5. The van der Waals surface area contributed by atoms with Crippen molar-refractivity contribution in [2.24, 2.45) is 0 Å². The van der Waals surface area contributed by atoms with Crippen molar-refractivity contribution >= 4 is 16.9 Å². The maximum atomic E-state index is 12.0. The van der Waals surface area contributed by atoms with Gasteiger partial charge in [-0.05, 0) is 24.3 Å². The van der Waals surface area contributed by atoms with Crippen molar-refractivity contribution in [2.45, 2.75) is 19.4 Å². The van der Waals surface area contributed by atoms with E-state index in [9.17, 15) is 4.79 Å². The number of nitrogens with zero attached hydrogens (tertiary/aromatic N) is 3. The zero-order chi connectivity index (χ0) is 18.5. The number of carbonyl (C=O) groups excluding carboxylic acids is 1. The lowest BCUT2D eigenvalue weighted by Crippen LogP contribution is -2.06. The molecule has 0 atom stereocenters. The highest BCUT2D eigenvalue weighted by Crippen LogP contribution is 2.17. The SMILES string of the molecule is O=C(CCc1ccc2ccccc2n1)OCc1nnc(-c2ccccc2)o1. The van der Waals surface area contributed by atoms with E-state index in [1.165, 1.54) is 0 Å². The number of para-hydroxylation sites is 1. The molecule has 0 bridgehead atoms. The fraction of sp³-hybridized carbons (Fsp3) is 0.143. The van der Waals surface area contributed by atoms with Gasteiger partial charge in [-0.1, -0.05) is 42.5 Å². The molecule has 0 radical (unpaired) electrons. The van der Waals surface area contributed by atoms with Gasteiger partial charge in [0.1, 0.15) is 0 Å². The van der Waals surface area contributed by atoms with Gasteiger partial charge in [-0.2, -0.15) is 0 Å². The van der Waals surface area contributed by atoms with Crippen LogP contribution in [0.25, 0.3) is 22.4 Å². The Morgan fingerprint density at radius 3 is 2.63 bits per heavy atom. The van der Waals surface area contributed by atoms with Crippen molar-refractivity contribution in [2.75, 3.05) is 0 Å². The molecular weight excluding hydrogens is 342 g/mol. The van der Waals surface area contributed by atoms with E-state index in [4.69, 9.17) is 9.15 Å². The molecule has 0 saturated heterocycles. The van der Waals surface area contributed by atoms with E-state index in [2.05, 4.69) is 15.2 Å². The first-order valence-electron chi connectivity index (χ1n) is 8.66. The van der Waals surface area contributed by atoms with Crippen LogP contribution in [0.3, 0.4) is 0 Å². The maximum absolute atomic E-state index is 12.0. The van der Waals surface area contributed by atoms with Crippen LogP contribution in [0.5, 0.6) is 0 Å². The van der Waals surface area contributed by atoms with E-state index in [0.29, 0.717) is 12.3 Å². The van der Waals surface area contributed by atoms with E-state index < -0.39 is 0 Å². The zero-order valence-electron chi connectivity index (χ0n) is 14.5. The predicted molar refractivity (Wildman–Crippen MR) is 99.6 cm³/mol. The number of ether oxygens (including phenoxy) is 1. The Morgan fingerprint density at radius 1 is 0.926 bits per heavy atom. The van der Waals surface area contributed by atoms with Crippen molar-refractivity contribution in [3.63, 3.8) is 0 Å². The Labute approximate surface area is 155 Å². The van der Waals surface area contributed by atoms with E-state index in [1.807, 2.05) is 66.7 Å². The van der Waals surface area contributed by atoms with Crippen molar-refractivity contribution in [1.82, 2.24) is 15.2 Å². The number of esters is 1. The zero-order valence-corrected chi connectivity index (χ0v) is 14.5. The van der Waals surface area contributed by atoms with Gasteiger partial charge in [0.2, 0.25) is 5.89 Å². The molecule has 4 aromatic rings. The first kappa shape index (κ1) is 16.9. The van der Waals surface area contributed by atoms with Gasteiger partial charge in [0, 0.05) is 23.1 Å². The van der Waals surface area contributed by atoms with Crippen LogP contribution in [0, 0.1) is 0 Å². The highest BCUT2D eigenvalue weighted by molar-refractivity contribution is 5.78. The number of hydrogen-bond acceptors (Lipinski definition) is 6. The molecule has 2 heterocycles. The molecule has 2 aromatic carbocycles. The average Bonchev–Trinajstić information content (AvgIpc) is 3.20. The average molecular weight is 359 g/mol. The molecule has 4 rings (SSSR count). The number of aryl methyl sites for hydroxylation is 1. The van der Waals surface area contributed by atoms with Crippen LogP contribution in [0.15, 0.2) is 71.1 Å². The van der Waals surface area contributed by atoms with Gasteiger partial charge in [0.05, 0.1) is 11.9 Å². The monoisotopic (exact) mass is 359 g/mol. The predicted octanol–water partition coefficient (Wildman–Crippen LogP) is 3.96. The minimum absolute atomic E-state index is 0.0379. The highest BCUT2D eigenvalue weighted by Gasteiger charge is 2.11. The Kier molecular flexibility index (Phi) is 4.87. The molecule has 0 aliphatic rings. The van der Waals surface area contributed by atoms with Crippen LogP contribution in [0.4, 0.5) is 0 Å². The topological polar surface area (TPSA) is 78.1 Å². The molecule has 0 amide bonds. The first-order chi connectivity index (χ1) is 13.3. The van der Waals surface area contributed by atoms with Crippen molar-refractivity contribution < 1.29 is 13.9 Å². The minimum Gasteiger partial charge on any atom is -0.456 e. The van der Waals surface area contributed by atoms with Gasteiger partial charge >= 0.3 is 5.97 Å². The lowest BCUT2D eigenvalue weighted by molar-refractivity contribution is -0.145. The molecule has 0 unspecified atom stereocenters. The van der Waals surface area contributed by atoms with Gasteiger partial charge in [0.15, 0.2) is 6.61 Å². The molecule has 0 fully saturated rings. The summed E-state index contributed by atoms with van der Waals surface area (Å²) in [6.45, 7) is -0.0379. The summed E-state index contributed by atoms with van der Waals surface area (Å²) in [6, 6.07) is 21.3. The van der Waals surface area contributed by atoms with Crippen molar-refractivity contribution in [3.8, 4) is 11.5 Å². The summed E-state index contributed by atoms with van der Waals surface area (Å²) in [5.41, 5.74) is 2.60. The fourth-order valence-electron chi connectivity index (χ4n) is 2.70. The first-order valence-corrected chi connectivity index (χ1v) is 8.66. The largest absolute Gasteiger partial charge is 0.456 e. The molecule has 6 heteroatoms. The molecule has 0 aliphatic heterocycles. The van der Waals surface area contributed by atoms with Gasteiger partial charge in [-0.15, -0.1) is 10.2 Å². The number of pyridine rings is 1. The number of hydrogen-bond donors (Lipinski definition) is 0. The van der Waals surface area contributed by atoms with Gasteiger partial charge in [-0.3, -0.25) is 9.78 Å². The Balaban J connectivity index is 1.30. The molecule has 27 heavy (non-hydrogen) atoms. The second-order valence-corrected chi connectivity index (χ2v) is 6.02. The lowest BCUT2D eigenvalue weighted by atomic mass is 10.1. The van der Waals surface area contributed by atoms with E-state index >= 15 is 0 Å².